The lowest BCUT2D eigenvalue weighted by Crippen LogP contribution is -2.28. The van der Waals surface area contributed by atoms with E-state index in [1.807, 2.05) is 31.2 Å². The van der Waals surface area contributed by atoms with Gasteiger partial charge in [0.05, 0.1) is 11.4 Å². The number of nitrogens with one attached hydrogen (secondary N) is 2. The average molecular weight is 268 g/mol. The molecule has 0 saturated heterocycles. The maximum Gasteiger partial charge on any atom is 0.233 e. The van der Waals surface area contributed by atoms with Crippen molar-refractivity contribution in [3.05, 3.63) is 29.8 Å². The summed E-state index contributed by atoms with van der Waals surface area (Å²) >= 11 is 0. The lowest BCUT2D eigenvalue weighted by Gasteiger charge is -2.11. The van der Waals surface area contributed by atoms with Crippen molar-refractivity contribution in [1.82, 2.24) is 5.32 Å². The van der Waals surface area contributed by atoms with E-state index in [-0.39, 0.29) is 5.75 Å². The minimum absolute atomic E-state index is 0.127. The Bertz CT molecular complexity index is 495. The van der Waals surface area contributed by atoms with Crippen molar-refractivity contribution in [1.29, 1.82) is 0 Å². The van der Waals surface area contributed by atoms with Gasteiger partial charge >= 0.3 is 0 Å². The van der Waals surface area contributed by atoms with Crippen LogP contribution in [0.4, 0.5) is 5.69 Å². The zero-order chi connectivity index (χ0) is 13.0. The van der Waals surface area contributed by atoms with E-state index in [0.29, 0.717) is 18.3 Å². The van der Waals surface area contributed by atoms with E-state index in [0.717, 1.165) is 12.0 Å². The molecule has 0 unspecified atom stereocenters. The maximum absolute atomic E-state index is 11.9. The number of hydrogen-bond donors (Lipinski definition) is 2. The minimum atomic E-state index is -3.25. The topological polar surface area (TPSA) is 58.2 Å². The molecule has 0 aromatic heterocycles. The van der Waals surface area contributed by atoms with Crippen LogP contribution in [0.25, 0.3) is 0 Å². The number of aryl methyl sites for hydroxylation is 1. The number of anilines is 1. The lowest BCUT2D eigenvalue weighted by atomic mass is 10.1. The summed E-state index contributed by atoms with van der Waals surface area (Å²) in [6.07, 6.45) is 3.16. The normalized spacial score (nSPS) is 15.6. The highest BCUT2D eigenvalue weighted by Crippen LogP contribution is 2.19. The van der Waals surface area contributed by atoms with E-state index < -0.39 is 10.0 Å². The maximum atomic E-state index is 11.9. The van der Waals surface area contributed by atoms with Crippen LogP contribution in [0.1, 0.15) is 25.3 Å². The first-order chi connectivity index (χ1) is 8.61. The molecule has 1 aliphatic rings. The molecule has 1 aliphatic carbocycles. The lowest BCUT2D eigenvalue weighted by molar-refractivity contribution is 0.595. The smallest absolute Gasteiger partial charge is 0.233 e. The van der Waals surface area contributed by atoms with Gasteiger partial charge in [-0.1, -0.05) is 25.1 Å². The van der Waals surface area contributed by atoms with Gasteiger partial charge in [0.2, 0.25) is 10.0 Å². The van der Waals surface area contributed by atoms with Gasteiger partial charge in [0.1, 0.15) is 0 Å². The summed E-state index contributed by atoms with van der Waals surface area (Å²) < 4.78 is 26.5. The third-order valence-electron chi connectivity index (χ3n) is 3.04. The molecular formula is C13H20N2O2S. The van der Waals surface area contributed by atoms with Crippen LogP contribution in [0, 0.1) is 0 Å². The molecule has 1 saturated carbocycles. The van der Waals surface area contributed by atoms with Gasteiger partial charge < -0.3 is 5.32 Å². The number of para-hydroxylation sites is 1. The van der Waals surface area contributed by atoms with Gasteiger partial charge in [-0.3, -0.25) is 4.72 Å². The molecule has 2 N–H and O–H groups in total. The zero-order valence-electron chi connectivity index (χ0n) is 10.6. The summed E-state index contributed by atoms with van der Waals surface area (Å²) in [4.78, 5) is 0. The van der Waals surface area contributed by atoms with Gasteiger partial charge in [0, 0.05) is 12.6 Å². The quantitative estimate of drug-likeness (QED) is 0.792. The predicted molar refractivity (Wildman–Crippen MR) is 74.3 cm³/mol. The SMILES string of the molecule is CCc1ccccc1NS(=O)(=O)CCNC1CC1. The molecule has 0 amide bonds. The zero-order valence-corrected chi connectivity index (χ0v) is 11.5. The Morgan fingerprint density at radius 1 is 1.28 bits per heavy atom. The molecule has 4 nitrogen and oxygen atoms in total. The Hall–Kier alpha value is -1.07. The highest BCUT2D eigenvalue weighted by molar-refractivity contribution is 7.92. The van der Waals surface area contributed by atoms with Gasteiger partial charge in [-0.25, -0.2) is 8.42 Å². The fourth-order valence-electron chi connectivity index (χ4n) is 1.83. The molecule has 0 radical (unpaired) electrons. The fourth-order valence-corrected chi connectivity index (χ4v) is 2.85. The van der Waals surface area contributed by atoms with E-state index in [9.17, 15) is 8.42 Å². The van der Waals surface area contributed by atoms with Gasteiger partial charge in [-0.2, -0.15) is 0 Å². The first-order valence-electron chi connectivity index (χ1n) is 6.42. The van der Waals surface area contributed by atoms with Crippen molar-refractivity contribution in [2.75, 3.05) is 17.0 Å². The number of benzene rings is 1. The highest BCUT2D eigenvalue weighted by Gasteiger charge is 2.21. The molecule has 2 rings (SSSR count). The van der Waals surface area contributed by atoms with Gasteiger partial charge in [0.25, 0.3) is 0 Å². The third-order valence-corrected chi connectivity index (χ3v) is 4.32. The van der Waals surface area contributed by atoms with Crippen molar-refractivity contribution in [3.8, 4) is 0 Å². The first-order valence-corrected chi connectivity index (χ1v) is 8.08. The van der Waals surface area contributed by atoms with Crippen molar-refractivity contribution < 1.29 is 8.42 Å². The number of sulfonamides is 1. The number of hydrogen-bond acceptors (Lipinski definition) is 3. The Kier molecular flexibility index (Phi) is 4.24. The van der Waals surface area contributed by atoms with E-state index >= 15 is 0 Å². The monoisotopic (exact) mass is 268 g/mol. The molecule has 0 heterocycles. The van der Waals surface area contributed by atoms with Crippen LogP contribution in [0.15, 0.2) is 24.3 Å². The van der Waals surface area contributed by atoms with Crippen LogP contribution in [0.2, 0.25) is 0 Å². The van der Waals surface area contributed by atoms with E-state index in [1.54, 1.807) is 0 Å². The molecule has 1 fully saturated rings. The van der Waals surface area contributed by atoms with Crippen LogP contribution < -0.4 is 10.0 Å². The van der Waals surface area contributed by atoms with E-state index in [4.69, 9.17) is 0 Å². The second kappa shape index (κ2) is 5.71. The van der Waals surface area contributed by atoms with Crippen molar-refractivity contribution in [2.45, 2.75) is 32.2 Å². The Morgan fingerprint density at radius 3 is 2.67 bits per heavy atom. The highest BCUT2D eigenvalue weighted by atomic mass is 32.2. The van der Waals surface area contributed by atoms with E-state index in [1.165, 1.54) is 12.8 Å². The molecule has 1 aromatic rings. The molecular weight excluding hydrogens is 248 g/mol. The van der Waals surface area contributed by atoms with Crippen LogP contribution in [-0.4, -0.2) is 26.8 Å². The summed E-state index contributed by atoms with van der Waals surface area (Å²) in [5.74, 6) is 0.127. The van der Waals surface area contributed by atoms with E-state index in [2.05, 4.69) is 10.0 Å². The first kappa shape index (κ1) is 13.4. The third kappa shape index (κ3) is 3.99. The van der Waals surface area contributed by atoms with Gasteiger partial charge in [0.15, 0.2) is 0 Å². The molecule has 0 spiro atoms. The van der Waals surface area contributed by atoms with Crippen LogP contribution in [0.3, 0.4) is 0 Å². The number of rotatable bonds is 7. The summed E-state index contributed by atoms with van der Waals surface area (Å²) in [5.41, 5.74) is 1.72. The largest absolute Gasteiger partial charge is 0.313 e. The molecule has 100 valence electrons. The minimum Gasteiger partial charge on any atom is -0.313 e. The van der Waals surface area contributed by atoms with Crippen LogP contribution >= 0.6 is 0 Å². The van der Waals surface area contributed by atoms with Crippen molar-refractivity contribution in [3.63, 3.8) is 0 Å². The Labute approximate surface area is 109 Å². The predicted octanol–water partition coefficient (Wildman–Crippen LogP) is 1.74. The standard InChI is InChI=1S/C13H20N2O2S/c1-2-11-5-3-4-6-13(11)15-18(16,17)10-9-14-12-7-8-12/h3-6,12,14-15H,2,7-10H2,1H3. The van der Waals surface area contributed by atoms with Gasteiger partial charge in [-0.15, -0.1) is 0 Å². The molecule has 5 heteroatoms. The Balaban J connectivity index is 1.93. The molecule has 18 heavy (non-hydrogen) atoms. The van der Waals surface area contributed by atoms with Crippen molar-refractivity contribution in [2.24, 2.45) is 0 Å². The second-order valence-electron chi connectivity index (χ2n) is 4.66. The van der Waals surface area contributed by atoms with Crippen LogP contribution in [0.5, 0.6) is 0 Å². The molecule has 0 aliphatic heterocycles. The summed E-state index contributed by atoms with van der Waals surface area (Å²) in [7, 11) is -3.25. The van der Waals surface area contributed by atoms with Gasteiger partial charge in [-0.05, 0) is 30.9 Å². The molecule has 0 bridgehead atoms. The van der Waals surface area contributed by atoms with Crippen molar-refractivity contribution >= 4 is 15.7 Å². The molecule has 0 atom stereocenters. The second-order valence-corrected chi connectivity index (χ2v) is 6.50. The van der Waals surface area contributed by atoms with Crippen LogP contribution in [-0.2, 0) is 16.4 Å². The Morgan fingerprint density at radius 2 is 2.00 bits per heavy atom. The summed E-state index contributed by atoms with van der Waals surface area (Å²) in [6.45, 7) is 2.54. The summed E-state index contributed by atoms with van der Waals surface area (Å²) in [6, 6.07) is 8.07. The summed E-state index contributed by atoms with van der Waals surface area (Å²) in [5, 5.41) is 3.21. The average Bonchev–Trinajstić information content (AvgIpc) is 3.13. The fraction of sp³-hybridized carbons (Fsp3) is 0.538. The molecule has 1 aromatic carbocycles.